The maximum atomic E-state index is 12.2. The molecule has 23 heavy (non-hydrogen) atoms. The van der Waals surface area contributed by atoms with Crippen LogP contribution in [-0.2, 0) is 15.8 Å². The Morgan fingerprint density at radius 3 is 2.83 bits per heavy atom. The molecule has 1 atom stereocenters. The summed E-state index contributed by atoms with van der Waals surface area (Å²) in [7, 11) is 0. The minimum atomic E-state index is -0.00687. The minimum Gasteiger partial charge on any atom is -0.334 e. The van der Waals surface area contributed by atoms with Crippen LogP contribution >= 0.6 is 38.5 Å². The quantitative estimate of drug-likeness (QED) is 0.341. The molecule has 1 aliphatic heterocycles. The van der Waals surface area contributed by atoms with Gasteiger partial charge in [-0.25, -0.2) is 0 Å². The lowest BCUT2D eigenvalue weighted by Crippen LogP contribution is -2.37. The van der Waals surface area contributed by atoms with Crippen molar-refractivity contribution in [2.24, 2.45) is 0 Å². The van der Waals surface area contributed by atoms with E-state index in [2.05, 4.69) is 87.6 Å². The van der Waals surface area contributed by atoms with Gasteiger partial charge in [0.15, 0.2) is 0 Å². The molecule has 3 rings (SSSR count). The standard InChI is InChI=1S/C19H17BrINO/c1-2-19(23)22-11-14-9-15(20)7-8-17(14)18(12-22)16-6-4-3-5-13(16)10-21/h2-9,18H,1,10-12H2/t18-/m1/s1. The third-order valence-corrected chi connectivity index (χ3v) is 5.62. The third kappa shape index (κ3) is 3.38. The van der Waals surface area contributed by atoms with Crippen LogP contribution in [0.2, 0.25) is 0 Å². The number of halogens is 2. The average molecular weight is 482 g/mol. The summed E-state index contributed by atoms with van der Waals surface area (Å²) in [6, 6.07) is 14.9. The van der Waals surface area contributed by atoms with E-state index in [-0.39, 0.29) is 11.8 Å². The predicted molar refractivity (Wildman–Crippen MR) is 106 cm³/mol. The molecule has 0 bridgehead atoms. The van der Waals surface area contributed by atoms with Crippen LogP contribution in [0.25, 0.3) is 0 Å². The van der Waals surface area contributed by atoms with Gasteiger partial charge in [-0.05, 0) is 40.5 Å². The van der Waals surface area contributed by atoms with Crippen molar-refractivity contribution in [1.29, 1.82) is 0 Å². The van der Waals surface area contributed by atoms with E-state index in [1.54, 1.807) is 0 Å². The zero-order valence-corrected chi connectivity index (χ0v) is 16.4. The summed E-state index contributed by atoms with van der Waals surface area (Å²) in [4.78, 5) is 14.1. The summed E-state index contributed by atoms with van der Waals surface area (Å²) < 4.78 is 2.01. The lowest BCUT2D eigenvalue weighted by atomic mass is 9.83. The van der Waals surface area contributed by atoms with Gasteiger partial charge in [0.05, 0.1) is 0 Å². The first-order chi connectivity index (χ1) is 11.1. The second-order valence-electron chi connectivity index (χ2n) is 5.65. The fraction of sp³-hybridized carbons (Fsp3) is 0.211. The van der Waals surface area contributed by atoms with Gasteiger partial charge in [-0.1, -0.05) is 75.4 Å². The van der Waals surface area contributed by atoms with Gasteiger partial charge in [0.2, 0.25) is 5.91 Å². The zero-order chi connectivity index (χ0) is 16.4. The molecule has 1 aliphatic rings. The number of amides is 1. The van der Waals surface area contributed by atoms with E-state index in [1.807, 2.05) is 4.90 Å². The van der Waals surface area contributed by atoms with Crippen LogP contribution in [0, 0.1) is 0 Å². The van der Waals surface area contributed by atoms with Crippen LogP contribution in [0.1, 0.15) is 28.2 Å². The van der Waals surface area contributed by atoms with Crippen LogP contribution in [0.15, 0.2) is 59.6 Å². The predicted octanol–water partition coefficient (Wildman–Crippen LogP) is 5.04. The maximum Gasteiger partial charge on any atom is 0.246 e. The van der Waals surface area contributed by atoms with Gasteiger partial charge in [0, 0.05) is 27.9 Å². The number of alkyl halides is 1. The first-order valence-electron chi connectivity index (χ1n) is 7.47. The second-order valence-corrected chi connectivity index (χ2v) is 7.33. The van der Waals surface area contributed by atoms with E-state index >= 15 is 0 Å². The topological polar surface area (TPSA) is 20.3 Å². The lowest BCUT2D eigenvalue weighted by Gasteiger charge is -2.35. The maximum absolute atomic E-state index is 12.2. The summed E-state index contributed by atoms with van der Waals surface area (Å²) in [6.45, 7) is 4.98. The number of carbonyl (C=O) groups is 1. The summed E-state index contributed by atoms with van der Waals surface area (Å²) in [5.74, 6) is 0.203. The molecule has 0 spiro atoms. The Hall–Kier alpha value is -1.14. The molecule has 0 saturated carbocycles. The number of rotatable bonds is 3. The average Bonchev–Trinajstić information content (AvgIpc) is 2.59. The Kier molecular flexibility index (Phi) is 5.21. The number of carbonyl (C=O) groups excluding carboxylic acids is 1. The third-order valence-electron chi connectivity index (χ3n) is 4.31. The Bertz CT molecular complexity index is 759. The number of benzene rings is 2. The number of fused-ring (bicyclic) bond motifs is 1. The van der Waals surface area contributed by atoms with Gasteiger partial charge in [0.25, 0.3) is 0 Å². The minimum absolute atomic E-state index is 0.00687. The van der Waals surface area contributed by atoms with Crippen molar-refractivity contribution >= 4 is 44.4 Å². The highest BCUT2D eigenvalue weighted by Gasteiger charge is 2.29. The smallest absolute Gasteiger partial charge is 0.246 e. The van der Waals surface area contributed by atoms with Crippen molar-refractivity contribution in [3.8, 4) is 0 Å². The van der Waals surface area contributed by atoms with Crippen LogP contribution in [0.5, 0.6) is 0 Å². The fourth-order valence-corrected chi connectivity index (χ4v) is 4.30. The van der Waals surface area contributed by atoms with E-state index in [4.69, 9.17) is 0 Å². The normalized spacial score (nSPS) is 16.8. The van der Waals surface area contributed by atoms with Crippen LogP contribution in [-0.4, -0.2) is 17.4 Å². The molecule has 2 aromatic carbocycles. The van der Waals surface area contributed by atoms with E-state index in [9.17, 15) is 4.79 Å². The van der Waals surface area contributed by atoms with Crippen molar-refractivity contribution in [2.45, 2.75) is 16.9 Å². The summed E-state index contributed by atoms with van der Waals surface area (Å²) in [5.41, 5.74) is 5.17. The molecule has 2 nitrogen and oxygen atoms in total. The van der Waals surface area contributed by atoms with Crippen LogP contribution in [0.3, 0.4) is 0 Å². The lowest BCUT2D eigenvalue weighted by molar-refractivity contribution is -0.127. The van der Waals surface area contributed by atoms with Crippen molar-refractivity contribution < 1.29 is 4.79 Å². The molecule has 4 heteroatoms. The fourth-order valence-electron chi connectivity index (χ4n) is 3.20. The van der Waals surface area contributed by atoms with E-state index in [0.29, 0.717) is 13.1 Å². The van der Waals surface area contributed by atoms with Gasteiger partial charge in [-0.15, -0.1) is 0 Å². The molecule has 1 heterocycles. The molecule has 0 saturated heterocycles. The molecule has 0 aliphatic carbocycles. The van der Waals surface area contributed by atoms with E-state index in [1.165, 1.54) is 28.3 Å². The molecule has 1 amide bonds. The molecule has 0 N–H and O–H groups in total. The SMILES string of the molecule is C=CC(=O)N1Cc2cc(Br)ccc2[C@@H](c2ccccc2CI)C1. The molecule has 118 valence electrons. The Labute approximate surface area is 158 Å². The summed E-state index contributed by atoms with van der Waals surface area (Å²) in [6.07, 6.45) is 1.41. The van der Waals surface area contributed by atoms with Crippen molar-refractivity contribution in [2.75, 3.05) is 6.54 Å². The number of hydrogen-bond acceptors (Lipinski definition) is 1. The van der Waals surface area contributed by atoms with Gasteiger partial charge in [0.1, 0.15) is 0 Å². The highest BCUT2D eigenvalue weighted by atomic mass is 127. The zero-order valence-electron chi connectivity index (χ0n) is 12.6. The van der Waals surface area contributed by atoms with Gasteiger partial charge in [-0.3, -0.25) is 4.79 Å². The van der Waals surface area contributed by atoms with Crippen LogP contribution < -0.4 is 0 Å². The highest BCUT2D eigenvalue weighted by Crippen LogP contribution is 2.36. The first kappa shape index (κ1) is 16.7. The van der Waals surface area contributed by atoms with Crippen molar-refractivity contribution in [1.82, 2.24) is 4.90 Å². The largest absolute Gasteiger partial charge is 0.334 e. The van der Waals surface area contributed by atoms with Gasteiger partial charge >= 0.3 is 0 Å². The molecule has 2 aromatic rings. The van der Waals surface area contributed by atoms with Crippen molar-refractivity contribution in [3.05, 3.63) is 81.8 Å². The van der Waals surface area contributed by atoms with Crippen LogP contribution in [0.4, 0.5) is 0 Å². The highest BCUT2D eigenvalue weighted by molar-refractivity contribution is 14.1. The number of hydrogen-bond donors (Lipinski definition) is 0. The van der Waals surface area contributed by atoms with E-state index in [0.717, 1.165) is 8.90 Å². The Morgan fingerprint density at radius 1 is 1.30 bits per heavy atom. The Morgan fingerprint density at radius 2 is 2.09 bits per heavy atom. The molecule has 0 unspecified atom stereocenters. The first-order valence-corrected chi connectivity index (χ1v) is 9.79. The van der Waals surface area contributed by atoms with E-state index < -0.39 is 0 Å². The monoisotopic (exact) mass is 481 g/mol. The van der Waals surface area contributed by atoms with Crippen molar-refractivity contribution in [3.63, 3.8) is 0 Å². The second kappa shape index (κ2) is 7.18. The molecular formula is C19H17BrINO. The molecular weight excluding hydrogens is 465 g/mol. The van der Waals surface area contributed by atoms with Gasteiger partial charge < -0.3 is 4.90 Å². The summed E-state index contributed by atoms with van der Waals surface area (Å²) >= 11 is 5.95. The number of nitrogens with zero attached hydrogens (tertiary/aromatic N) is 1. The Balaban J connectivity index is 2.11. The summed E-state index contributed by atoms with van der Waals surface area (Å²) in [5, 5.41) is 0. The molecule has 0 fully saturated rings. The molecule has 0 aromatic heterocycles. The molecule has 0 radical (unpaired) electrons. The van der Waals surface area contributed by atoms with Gasteiger partial charge in [-0.2, -0.15) is 0 Å².